The maximum Gasteiger partial charge on any atom is 0.258 e. The summed E-state index contributed by atoms with van der Waals surface area (Å²) in [6.07, 6.45) is 0. The minimum atomic E-state index is -1.44. The van der Waals surface area contributed by atoms with E-state index in [1.54, 1.807) is 25.1 Å². The lowest BCUT2D eigenvalue weighted by atomic mass is 10.2. The van der Waals surface area contributed by atoms with Gasteiger partial charge in [-0.1, -0.05) is 23.2 Å². The molecule has 0 aliphatic carbocycles. The summed E-state index contributed by atoms with van der Waals surface area (Å²) in [5, 5.41) is 10.8. The lowest BCUT2D eigenvalue weighted by Crippen LogP contribution is -2.32. The van der Waals surface area contributed by atoms with Crippen molar-refractivity contribution in [3.63, 3.8) is 0 Å². The molecule has 0 heterocycles. The molecule has 0 saturated heterocycles. The number of azo groups is 1. The normalized spacial score (nSPS) is 11.7. The Labute approximate surface area is 202 Å². The number of halogens is 2. The predicted molar refractivity (Wildman–Crippen MR) is 126 cm³/mol. The molecule has 0 aromatic heterocycles. The first-order valence-electron chi connectivity index (χ1n) is 9.99. The van der Waals surface area contributed by atoms with Crippen LogP contribution in [0.4, 0.5) is 11.4 Å². The highest BCUT2D eigenvalue weighted by molar-refractivity contribution is 6.35. The van der Waals surface area contributed by atoms with Crippen LogP contribution in [0, 0.1) is 0 Å². The van der Waals surface area contributed by atoms with E-state index in [4.69, 9.17) is 42.1 Å². The van der Waals surface area contributed by atoms with E-state index in [1.165, 1.54) is 27.2 Å². The summed E-state index contributed by atoms with van der Waals surface area (Å²) in [5.74, 6) is 0.0435. The smallest absolute Gasteiger partial charge is 0.258 e. The number of anilines is 1. The Morgan fingerprint density at radius 2 is 1.61 bits per heavy atom. The van der Waals surface area contributed by atoms with Gasteiger partial charge in [0.15, 0.2) is 23.0 Å². The Balaban J connectivity index is 2.34. The molecule has 1 N–H and O–H groups in total. The standard InChI is InChI=1S/C22H25Cl2N3O6/c1-6-32-15-10-9-14(20(18(15)24)33-7-2)25-22(29)19(12(3)28)27-26-13-8-11-16(30-4)21(31-5)17(13)23/h8-11,19H,6-7H2,1-5H3,(H,25,29). The van der Waals surface area contributed by atoms with E-state index in [0.717, 1.165) is 0 Å². The third-order valence-corrected chi connectivity index (χ3v) is 5.01. The number of carbonyl (C=O) groups is 2. The van der Waals surface area contributed by atoms with E-state index in [1.807, 2.05) is 6.92 Å². The summed E-state index contributed by atoms with van der Waals surface area (Å²) >= 11 is 12.7. The molecule has 2 aromatic carbocycles. The first kappa shape index (κ1) is 26.2. The molecule has 0 saturated carbocycles. The zero-order valence-electron chi connectivity index (χ0n) is 18.9. The Morgan fingerprint density at radius 3 is 2.18 bits per heavy atom. The van der Waals surface area contributed by atoms with Gasteiger partial charge in [-0.15, -0.1) is 0 Å². The first-order valence-corrected chi connectivity index (χ1v) is 10.7. The number of ketones is 1. The number of ether oxygens (including phenoxy) is 4. The van der Waals surface area contributed by atoms with Crippen LogP contribution in [0.2, 0.25) is 10.0 Å². The molecule has 33 heavy (non-hydrogen) atoms. The van der Waals surface area contributed by atoms with Crippen molar-refractivity contribution in [3.05, 3.63) is 34.3 Å². The van der Waals surface area contributed by atoms with E-state index in [2.05, 4.69) is 15.5 Å². The molecule has 0 fully saturated rings. The Kier molecular flexibility index (Phi) is 9.74. The maximum absolute atomic E-state index is 12.9. The van der Waals surface area contributed by atoms with Crippen LogP contribution < -0.4 is 24.3 Å². The van der Waals surface area contributed by atoms with Gasteiger partial charge in [0.1, 0.15) is 21.5 Å². The quantitative estimate of drug-likeness (QED) is 0.324. The molecule has 1 amide bonds. The molecule has 0 bridgehead atoms. The predicted octanol–water partition coefficient (Wildman–Crippen LogP) is 5.49. The van der Waals surface area contributed by atoms with Gasteiger partial charge in [-0.2, -0.15) is 10.2 Å². The maximum atomic E-state index is 12.9. The second-order valence-electron chi connectivity index (χ2n) is 6.47. The number of benzene rings is 2. The fourth-order valence-electron chi connectivity index (χ4n) is 2.78. The van der Waals surface area contributed by atoms with Crippen LogP contribution >= 0.6 is 23.2 Å². The summed E-state index contributed by atoms with van der Waals surface area (Å²) in [7, 11) is 2.89. The van der Waals surface area contributed by atoms with E-state index in [-0.39, 0.29) is 32.9 Å². The van der Waals surface area contributed by atoms with Crippen molar-refractivity contribution < 1.29 is 28.5 Å². The number of rotatable bonds is 11. The van der Waals surface area contributed by atoms with E-state index >= 15 is 0 Å². The van der Waals surface area contributed by atoms with Gasteiger partial charge in [-0.3, -0.25) is 9.59 Å². The van der Waals surface area contributed by atoms with Crippen LogP contribution in [0.25, 0.3) is 0 Å². The van der Waals surface area contributed by atoms with Crippen molar-refractivity contribution in [2.75, 3.05) is 32.8 Å². The molecule has 0 radical (unpaired) electrons. The van der Waals surface area contributed by atoms with Crippen LogP contribution in [0.5, 0.6) is 23.0 Å². The molecule has 2 aromatic rings. The molecule has 1 atom stereocenters. The molecule has 2 rings (SSSR count). The third-order valence-electron chi connectivity index (χ3n) is 4.29. The van der Waals surface area contributed by atoms with Crippen molar-refractivity contribution in [1.29, 1.82) is 0 Å². The second kappa shape index (κ2) is 12.3. The van der Waals surface area contributed by atoms with E-state index in [0.29, 0.717) is 24.7 Å². The lowest BCUT2D eigenvalue weighted by Gasteiger charge is -2.17. The Morgan fingerprint density at radius 1 is 0.939 bits per heavy atom. The van der Waals surface area contributed by atoms with Crippen molar-refractivity contribution in [2.45, 2.75) is 26.8 Å². The molecule has 0 aliphatic rings. The highest BCUT2D eigenvalue weighted by Crippen LogP contribution is 2.42. The zero-order chi connectivity index (χ0) is 24.5. The van der Waals surface area contributed by atoms with Crippen LogP contribution in [0.1, 0.15) is 20.8 Å². The zero-order valence-corrected chi connectivity index (χ0v) is 20.4. The van der Waals surface area contributed by atoms with Crippen molar-refractivity contribution in [3.8, 4) is 23.0 Å². The average molecular weight is 498 g/mol. The third kappa shape index (κ3) is 6.27. The molecule has 0 aliphatic heterocycles. The van der Waals surface area contributed by atoms with Gasteiger partial charge >= 0.3 is 0 Å². The summed E-state index contributed by atoms with van der Waals surface area (Å²) in [6, 6.07) is 4.84. The van der Waals surface area contributed by atoms with Crippen LogP contribution in [-0.2, 0) is 9.59 Å². The SMILES string of the molecule is CCOc1ccc(NC(=O)C(N=Nc2ccc(OC)c(OC)c2Cl)C(C)=O)c(OCC)c1Cl. The van der Waals surface area contributed by atoms with Crippen LogP contribution in [0.3, 0.4) is 0 Å². The lowest BCUT2D eigenvalue weighted by molar-refractivity contribution is -0.126. The average Bonchev–Trinajstić information content (AvgIpc) is 2.78. The van der Waals surface area contributed by atoms with E-state index in [9.17, 15) is 9.59 Å². The molecule has 0 spiro atoms. The number of carbonyl (C=O) groups excluding carboxylic acids is 2. The molecule has 9 nitrogen and oxygen atoms in total. The van der Waals surface area contributed by atoms with E-state index < -0.39 is 17.7 Å². The summed E-state index contributed by atoms with van der Waals surface area (Å²) in [6.45, 7) is 5.52. The second-order valence-corrected chi connectivity index (χ2v) is 7.23. The van der Waals surface area contributed by atoms with Crippen LogP contribution in [-0.4, -0.2) is 45.2 Å². The topological polar surface area (TPSA) is 108 Å². The highest BCUT2D eigenvalue weighted by atomic mass is 35.5. The fourth-order valence-corrected chi connectivity index (χ4v) is 3.33. The number of amides is 1. The van der Waals surface area contributed by atoms with Gasteiger partial charge < -0.3 is 24.3 Å². The molecule has 1 unspecified atom stereocenters. The minimum absolute atomic E-state index is 0.125. The van der Waals surface area contributed by atoms with Gasteiger partial charge in [-0.25, -0.2) is 0 Å². The number of methoxy groups -OCH3 is 2. The first-order chi connectivity index (χ1) is 15.8. The van der Waals surface area contributed by atoms with Gasteiger partial charge in [0.05, 0.1) is 33.1 Å². The van der Waals surface area contributed by atoms with Crippen molar-refractivity contribution in [1.82, 2.24) is 0 Å². The fraction of sp³-hybridized carbons (Fsp3) is 0.364. The van der Waals surface area contributed by atoms with Crippen LogP contribution in [0.15, 0.2) is 34.5 Å². The minimum Gasteiger partial charge on any atom is -0.493 e. The van der Waals surface area contributed by atoms with Gasteiger partial charge in [0, 0.05) is 0 Å². The monoisotopic (exact) mass is 497 g/mol. The number of nitrogens with zero attached hydrogens (tertiary/aromatic N) is 2. The Bertz CT molecular complexity index is 1050. The number of Topliss-reactive ketones (excluding diaryl/α,β-unsaturated/α-hetero) is 1. The van der Waals surface area contributed by atoms with Gasteiger partial charge in [0.2, 0.25) is 6.04 Å². The molecule has 178 valence electrons. The highest BCUT2D eigenvalue weighted by Gasteiger charge is 2.26. The summed E-state index contributed by atoms with van der Waals surface area (Å²) < 4.78 is 21.4. The molecular weight excluding hydrogens is 473 g/mol. The largest absolute Gasteiger partial charge is 0.493 e. The van der Waals surface area contributed by atoms with Gasteiger partial charge in [-0.05, 0) is 45.0 Å². The summed E-state index contributed by atoms with van der Waals surface area (Å²) in [4.78, 5) is 25.0. The van der Waals surface area contributed by atoms with Crippen molar-refractivity contribution >= 4 is 46.3 Å². The van der Waals surface area contributed by atoms with Gasteiger partial charge in [0.25, 0.3) is 5.91 Å². The van der Waals surface area contributed by atoms with Crippen molar-refractivity contribution in [2.24, 2.45) is 10.2 Å². The molecule has 11 heteroatoms. The Hall–Kier alpha value is -3.04. The summed E-state index contributed by atoms with van der Waals surface area (Å²) in [5.41, 5.74) is 0.466. The molecular formula is C22H25Cl2N3O6. The number of hydrogen-bond acceptors (Lipinski definition) is 8. The number of hydrogen-bond donors (Lipinski definition) is 1. The number of nitrogens with one attached hydrogen (secondary N) is 1.